The van der Waals surface area contributed by atoms with E-state index in [1.54, 1.807) is 5.01 Å². The SMILES string of the molecule is C=C1C(CCO)NN(c2ccccc2)C1C=O.CCc1ccccc1N. The molecule has 138 valence electrons. The molecule has 1 aliphatic rings. The number of carbonyl (C=O) groups excluding carboxylic acids is 1. The number of nitrogens with two attached hydrogens (primary N) is 1. The molecule has 0 aliphatic carbocycles. The highest BCUT2D eigenvalue weighted by atomic mass is 16.3. The molecule has 2 aromatic carbocycles. The zero-order valence-corrected chi connectivity index (χ0v) is 15.1. The number of aldehydes is 1. The van der Waals surface area contributed by atoms with Gasteiger partial charge in [0, 0.05) is 12.3 Å². The molecule has 4 N–H and O–H groups in total. The van der Waals surface area contributed by atoms with Crippen molar-refractivity contribution in [1.82, 2.24) is 5.43 Å². The molecule has 1 fully saturated rings. The average Bonchev–Trinajstić information content (AvgIpc) is 2.99. The number of nitrogens with one attached hydrogen (secondary N) is 1. The molecule has 0 saturated carbocycles. The summed E-state index contributed by atoms with van der Waals surface area (Å²) in [5.74, 6) is 0. The standard InChI is InChI=1S/C13H16N2O2.C8H11N/c1-10-12(7-8-16)14-15(13(10)9-17)11-5-3-2-4-6-11;1-2-7-5-3-4-6-8(7)9/h2-6,9,12-14,16H,1,7-8H2;3-6H,2,9H2,1H3. The van der Waals surface area contributed by atoms with E-state index in [0.29, 0.717) is 6.42 Å². The number of nitrogen functional groups attached to an aromatic ring is 1. The summed E-state index contributed by atoms with van der Waals surface area (Å²) in [7, 11) is 0. The molecule has 2 atom stereocenters. The van der Waals surface area contributed by atoms with Crippen LogP contribution in [0.5, 0.6) is 0 Å². The number of aliphatic hydroxyl groups is 1. The molecule has 0 spiro atoms. The fourth-order valence-electron chi connectivity index (χ4n) is 2.91. The number of benzene rings is 2. The van der Waals surface area contributed by atoms with E-state index in [-0.39, 0.29) is 18.7 Å². The van der Waals surface area contributed by atoms with E-state index in [0.717, 1.165) is 29.7 Å². The molecule has 0 radical (unpaired) electrons. The topological polar surface area (TPSA) is 78.6 Å². The molecule has 2 unspecified atom stereocenters. The number of nitrogens with zero attached hydrogens (tertiary/aromatic N) is 1. The summed E-state index contributed by atoms with van der Waals surface area (Å²) in [6.45, 7) is 6.11. The largest absolute Gasteiger partial charge is 0.399 e. The fourth-order valence-corrected chi connectivity index (χ4v) is 2.91. The molecule has 1 heterocycles. The van der Waals surface area contributed by atoms with Gasteiger partial charge in [0.25, 0.3) is 0 Å². The van der Waals surface area contributed by atoms with Crippen LogP contribution in [0.4, 0.5) is 11.4 Å². The minimum absolute atomic E-state index is 0.0459. The van der Waals surface area contributed by atoms with Gasteiger partial charge in [-0.25, -0.2) is 5.43 Å². The molecule has 0 bridgehead atoms. The number of hydrogen-bond acceptors (Lipinski definition) is 5. The number of anilines is 2. The first kappa shape index (κ1) is 19.7. The smallest absolute Gasteiger partial charge is 0.148 e. The van der Waals surface area contributed by atoms with E-state index >= 15 is 0 Å². The fraction of sp³-hybridized carbons (Fsp3) is 0.286. The lowest BCUT2D eigenvalue weighted by Gasteiger charge is -2.22. The van der Waals surface area contributed by atoms with Crippen LogP contribution in [0.1, 0.15) is 18.9 Å². The molecule has 5 heteroatoms. The van der Waals surface area contributed by atoms with Crippen molar-refractivity contribution in [2.75, 3.05) is 17.3 Å². The van der Waals surface area contributed by atoms with Crippen LogP contribution >= 0.6 is 0 Å². The van der Waals surface area contributed by atoms with Gasteiger partial charge in [0.05, 0.1) is 11.7 Å². The molecule has 3 rings (SSSR count). The molecule has 0 amide bonds. The quantitative estimate of drug-likeness (QED) is 0.438. The normalized spacial score (nSPS) is 19.0. The first-order valence-corrected chi connectivity index (χ1v) is 8.81. The Morgan fingerprint density at radius 2 is 1.85 bits per heavy atom. The molecule has 2 aromatic rings. The van der Waals surface area contributed by atoms with Gasteiger partial charge in [0.1, 0.15) is 12.3 Å². The molecule has 26 heavy (non-hydrogen) atoms. The van der Waals surface area contributed by atoms with Gasteiger partial charge in [-0.3, -0.25) is 5.01 Å². The number of aryl methyl sites for hydroxylation is 1. The van der Waals surface area contributed by atoms with Crippen LogP contribution in [0.2, 0.25) is 0 Å². The lowest BCUT2D eigenvalue weighted by molar-refractivity contribution is -0.108. The van der Waals surface area contributed by atoms with E-state index in [1.807, 2.05) is 48.5 Å². The van der Waals surface area contributed by atoms with Crippen molar-refractivity contribution in [2.45, 2.75) is 31.8 Å². The van der Waals surface area contributed by atoms with Crippen molar-refractivity contribution < 1.29 is 9.90 Å². The highest BCUT2D eigenvalue weighted by molar-refractivity contribution is 5.72. The number of hydrogen-bond donors (Lipinski definition) is 3. The maximum Gasteiger partial charge on any atom is 0.148 e. The molecular weight excluding hydrogens is 326 g/mol. The Balaban J connectivity index is 0.000000228. The van der Waals surface area contributed by atoms with Gasteiger partial charge in [0.2, 0.25) is 0 Å². The Morgan fingerprint density at radius 3 is 2.38 bits per heavy atom. The number of aliphatic hydroxyl groups excluding tert-OH is 1. The van der Waals surface area contributed by atoms with Crippen molar-refractivity contribution in [2.24, 2.45) is 0 Å². The average molecular weight is 353 g/mol. The van der Waals surface area contributed by atoms with Crippen LogP contribution in [-0.4, -0.2) is 30.1 Å². The highest BCUT2D eigenvalue weighted by Crippen LogP contribution is 2.26. The lowest BCUT2D eigenvalue weighted by atomic mass is 10.0. The van der Waals surface area contributed by atoms with Gasteiger partial charge < -0.3 is 15.6 Å². The van der Waals surface area contributed by atoms with Crippen molar-refractivity contribution >= 4 is 17.7 Å². The van der Waals surface area contributed by atoms with Gasteiger partial charge >= 0.3 is 0 Å². The van der Waals surface area contributed by atoms with Crippen LogP contribution in [0.15, 0.2) is 66.7 Å². The van der Waals surface area contributed by atoms with Gasteiger partial charge in [0.15, 0.2) is 0 Å². The van der Waals surface area contributed by atoms with Crippen molar-refractivity contribution in [1.29, 1.82) is 0 Å². The monoisotopic (exact) mass is 353 g/mol. The first-order chi connectivity index (χ1) is 12.6. The number of carbonyl (C=O) groups is 1. The third kappa shape index (κ3) is 4.71. The predicted octanol–water partition coefficient (Wildman–Crippen LogP) is 2.72. The minimum atomic E-state index is -0.367. The van der Waals surface area contributed by atoms with Crippen molar-refractivity contribution in [3.8, 4) is 0 Å². The third-order valence-electron chi connectivity index (χ3n) is 4.42. The Kier molecular flexibility index (Phi) is 7.38. The van der Waals surface area contributed by atoms with Crippen LogP contribution < -0.4 is 16.2 Å². The van der Waals surface area contributed by atoms with Crippen molar-refractivity contribution in [3.05, 3.63) is 72.3 Å². The summed E-state index contributed by atoms with van der Waals surface area (Å²) in [6.07, 6.45) is 2.46. The Hall–Kier alpha value is -2.63. The Morgan fingerprint density at radius 1 is 1.19 bits per heavy atom. The Bertz CT molecular complexity index is 718. The number of hydrazine groups is 1. The van der Waals surface area contributed by atoms with Crippen LogP contribution in [0, 0.1) is 0 Å². The molecule has 1 aliphatic heterocycles. The summed E-state index contributed by atoms with van der Waals surface area (Å²) in [5, 5.41) is 10.8. The number of para-hydroxylation sites is 2. The molecule has 5 nitrogen and oxygen atoms in total. The summed E-state index contributed by atoms with van der Waals surface area (Å²) in [5.41, 5.74) is 12.7. The zero-order chi connectivity index (χ0) is 18.9. The summed E-state index contributed by atoms with van der Waals surface area (Å²) in [6, 6.07) is 17.1. The van der Waals surface area contributed by atoms with Gasteiger partial charge in [-0.1, -0.05) is 49.9 Å². The third-order valence-corrected chi connectivity index (χ3v) is 4.42. The molecule has 0 aromatic heterocycles. The van der Waals surface area contributed by atoms with Crippen LogP contribution in [0.25, 0.3) is 0 Å². The van der Waals surface area contributed by atoms with Crippen LogP contribution in [0.3, 0.4) is 0 Å². The zero-order valence-electron chi connectivity index (χ0n) is 15.1. The van der Waals surface area contributed by atoms with E-state index in [1.165, 1.54) is 5.56 Å². The lowest BCUT2D eigenvalue weighted by Crippen LogP contribution is -2.40. The van der Waals surface area contributed by atoms with Gasteiger partial charge in [-0.15, -0.1) is 0 Å². The Labute approximate surface area is 155 Å². The van der Waals surface area contributed by atoms with Crippen molar-refractivity contribution in [3.63, 3.8) is 0 Å². The number of rotatable bonds is 5. The maximum atomic E-state index is 11.1. The maximum absolute atomic E-state index is 11.1. The summed E-state index contributed by atoms with van der Waals surface area (Å²) < 4.78 is 0. The van der Waals surface area contributed by atoms with E-state index in [9.17, 15) is 4.79 Å². The summed E-state index contributed by atoms with van der Waals surface area (Å²) >= 11 is 0. The summed E-state index contributed by atoms with van der Waals surface area (Å²) in [4.78, 5) is 11.1. The predicted molar refractivity (Wildman–Crippen MR) is 107 cm³/mol. The van der Waals surface area contributed by atoms with Gasteiger partial charge in [-0.2, -0.15) is 0 Å². The second-order valence-electron chi connectivity index (χ2n) is 6.11. The second-order valence-corrected chi connectivity index (χ2v) is 6.11. The highest BCUT2D eigenvalue weighted by Gasteiger charge is 2.34. The van der Waals surface area contributed by atoms with Gasteiger partial charge in [-0.05, 0) is 42.2 Å². The van der Waals surface area contributed by atoms with E-state index < -0.39 is 0 Å². The van der Waals surface area contributed by atoms with E-state index in [2.05, 4.69) is 25.0 Å². The minimum Gasteiger partial charge on any atom is -0.399 e. The van der Waals surface area contributed by atoms with Crippen LogP contribution in [-0.2, 0) is 11.2 Å². The molecule has 1 saturated heterocycles. The molecular formula is C21H27N3O2. The van der Waals surface area contributed by atoms with E-state index in [4.69, 9.17) is 10.8 Å². The first-order valence-electron chi connectivity index (χ1n) is 8.81. The second kappa shape index (κ2) is 9.75.